The van der Waals surface area contributed by atoms with Crippen LogP contribution < -0.4 is 10.2 Å². The van der Waals surface area contributed by atoms with Gasteiger partial charge in [-0.05, 0) is 18.2 Å². The number of hydrogen-bond donors (Lipinski definition) is 1. The molecule has 0 radical (unpaired) electrons. The highest BCUT2D eigenvalue weighted by molar-refractivity contribution is 7.14. The van der Waals surface area contributed by atoms with Crippen LogP contribution in [0.25, 0.3) is 6.08 Å². The number of para-hydroxylation sites is 1. The molecule has 0 aliphatic carbocycles. The summed E-state index contributed by atoms with van der Waals surface area (Å²) >= 11 is 1.02. The largest absolute Gasteiger partial charge is 0.405 e. The molecule has 1 aromatic heterocycles. The number of anilines is 2. The van der Waals surface area contributed by atoms with Gasteiger partial charge in [-0.15, -0.1) is 11.3 Å². The van der Waals surface area contributed by atoms with Crippen LogP contribution in [0.4, 0.5) is 28.4 Å². The lowest BCUT2D eigenvalue weighted by Gasteiger charge is -2.18. The molecule has 2 aromatic rings. The van der Waals surface area contributed by atoms with E-state index in [0.717, 1.165) is 22.3 Å². The molecule has 0 saturated heterocycles. The third-order valence-electron chi connectivity index (χ3n) is 2.98. The fraction of sp³-hybridized carbons (Fsp3) is 0.188. The van der Waals surface area contributed by atoms with Gasteiger partial charge in [-0.2, -0.15) is 13.2 Å². The maximum atomic E-state index is 14.0. The maximum Gasteiger partial charge on any atom is 0.405 e. The minimum atomic E-state index is -4.50. The molecule has 0 spiro atoms. The lowest BCUT2D eigenvalue weighted by molar-refractivity contribution is -0.135. The Morgan fingerprint density at radius 3 is 2.62 bits per heavy atom. The smallest absolute Gasteiger partial charge is 0.343 e. The number of carbonyl (C=O) groups excluding carboxylic acids is 2. The molecule has 2 amide bonds. The Morgan fingerprint density at radius 2 is 2.00 bits per heavy atom. The Kier molecular flexibility index (Phi) is 6.09. The SMILES string of the molecule is CC(=O)N(c1nc(/C=C/C(=O)NCC(F)(F)F)cs1)c1ccccc1F. The van der Waals surface area contributed by atoms with Crippen molar-refractivity contribution in [3.05, 3.63) is 47.2 Å². The topological polar surface area (TPSA) is 62.3 Å². The van der Waals surface area contributed by atoms with Crippen LogP contribution in [0.2, 0.25) is 0 Å². The summed E-state index contributed by atoms with van der Waals surface area (Å²) in [5, 5.41) is 3.34. The van der Waals surface area contributed by atoms with Crippen molar-refractivity contribution in [2.45, 2.75) is 13.1 Å². The van der Waals surface area contributed by atoms with E-state index in [-0.39, 0.29) is 16.5 Å². The molecule has 5 nitrogen and oxygen atoms in total. The summed E-state index contributed by atoms with van der Waals surface area (Å²) in [6, 6.07) is 5.66. The van der Waals surface area contributed by atoms with E-state index >= 15 is 0 Å². The number of alkyl halides is 3. The van der Waals surface area contributed by atoms with Crippen molar-refractivity contribution >= 4 is 40.0 Å². The number of hydrogen-bond acceptors (Lipinski definition) is 4. The van der Waals surface area contributed by atoms with Crippen LogP contribution in [-0.2, 0) is 9.59 Å². The minimum absolute atomic E-state index is 0.0211. The number of nitrogens with zero attached hydrogens (tertiary/aromatic N) is 2. The molecule has 0 fully saturated rings. The van der Waals surface area contributed by atoms with Crippen molar-refractivity contribution in [3.63, 3.8) is 0 Å². The van der Waals surface area contributed by atoms with Gasteiger partial charge in [-0.3, -0.25) is 14.5 Å². The van der Waals surface area contributed by atoms with E-state index < -0.39 is 30.4 Å². The zero-order valence-electron chi connectivity index (χ0n) is 13.4. The molecule has 1 N–H and O–H groups in total. The second kappa shape index (κ2) is 8.09. The lowest BCUT2D eigenvalue weighted by atomic mass is 10.3. The van der Waals surface area contributed by atoms with Gasteiger partial charge in [0.2, 0.25) is 11.8 Å². The Labute approximate surface area is 150 Å². The average molecular weight is 387 g/mol. The van der Waals surface area contributed by atoms with Crippen LogP contribution in [0, 0.1) is 5.82 Å². The number of halogens is 4. The van der Waals surface area contributed by atoms with Crippen molar-refractivity contribution in [2.24, 2.45) is 0 Å². The van der Waals surface area contributed by atoms with Gasteiger partial charge in [-0.1, -0.05) is 12.1 Å². The fourth-order valence-electron chi connectivity index (χ4n) is 1.90. The molecular weight excluding hydrogens is 374 g/mol. The molecule has 0 unspecified atom stereocenters. The first-order chi connectivity index (χ1) is 12.2. The van der Waals surface area contributed by atoms with Crippen molar-refractivity contribution < 1.29 is 27.2 Å². The maximum absolute atomic E-state index is 14.0. The van der Waals surface area contributed by atoms with Gasteiger partial charge in [0.15, 0.2) is 5.13 Å². The van der Waals surface area contributed by atoms with Gasteiger partial charge < -0.3 is 5.32 Å². The van der Waals surface area contributed by atoms with Gasteiger partial charge in [0.1, 0.15) is 12.4 Å². The third kappa shape index (κ3) is 5.38. The molecule has 0 aliphatic heterocycles. The summed E-state index contributed by atoms with van der Waals surface area (Å²) in [5.41, 5.74) is 0.266. The number of nitrogens with one attached hydrogen (secondary N) is 1. The molecule has 1 aromatic carbocycles. The van der Waals surface area contributed by atoms with Crippen LogP contribution in [0.1, 0.15) is 12.6 Å². The van der Waals surface area contributed by atoms with E-state index in [1.165, 1.54) is 36.6 Å². The number of benzene rings is 1. The average Bonchev–Trinajstić information content (AvgIpc) is 3.00. The van der Waals surface area contributed by atoms with Gasteiger partial charge >= 0.3 is 6.18 Å². The van der Waals surface area contributed by atoms with Gasteiger partial charge in [0, 0.05) is 18.4 Å². The summed E-state index contributed by atoms with van der Waals surface area (Å²) in [6.45, 7) is -0.197. The first-order valence-corrected chi connectivity index (χ1v) is 8.09. The van der Waals surface area contributed by atoms with Crippen molar-refractivity contribution in [2.75, 3.05) is 11.4 Å². The molecule has 1 heterocycles. The molecule has 0 bridgehead atoms. The quantitative estimate of drug-likeness (QED) is 0.629. The highest BCUT2D eigenvalue weighted by Gasteiger charge is 2.27. The van der Waals surface area contributed by atoms with Crippen molar-refractivity contribution in [1.82, 2.24) is 10.3 Å². The first kappa shape index (κ1) is 19.6. The van der Waals surface area contributed by atoms with Gasteiger partial charge in [0.05, 0.1) is 11.4 Å². The zero-order chi connectivity index (χ0) is 19.3. The monoisotopic (exact) mass is 387 g/mol. The number of aromatic nitrogens is 1. The predicted molar refractivity (Wildman–Crippen MR) is 89.4 cm³/mol. The Bertz CT molecular complexity index is 833. The Hall–Kier alpha value is -2.75. The standard InChI is InChI=1S/C16H13F4N3O2S/c1-10(24)23(13-5-3-2-4-12(13)17)15-22-11(8-26-15)6-7-14(25)21-9-16(18,19)20/h2-8H,9H2,1H3,(H,21,25)/b7-6+. The van der Waals surface area contributed by atoms with Crippen LogP contribution in [-0.4, -0.2) is 29.5 Å². The summed E-state index contributed by atoms with van der Waals surface area (Å²) in [6.07, 6.45) is -2.41. The number of thiazole rings is 1. The molecule has 2 rings (SSSR count). The summed E-state index contributed by atoms with van der Waals surface area (Å²) < 4.78 is 50.0. The molecule has 138 valence electrons. The van der Waals surface area contributed by atoms with E-state index in [9.17, 15) is 27.2 Å². The number of carbonyl (C=O) groups is 2. The van der Waals surface area contributed by atoms with Crippen LogP contribution >= 0.6 is 11.3 Å². The van der Waals surface area contributed by atoms with E-state index in [4.69, 9.17) is 0 Å². The third-order valence-corrected chi connectivity index (χ3v) is 3.82. The normalized spacial score (nSPS) is 11.6. The second-order valence-corrected chi connectivity index (χ2v) is 5.86. The van der Waals surface area contributed by atoms with Gasteiger partial charge in [-0.25, -0.2) is 9.37 Å². The summed E-state index contributed by atoms with van der Waals surface area (Å²) in [5.74, 6) is -2.01. The lowest BCUT2D eigenvalue weighted by Crippen LogP contribution is -2.32. The minimum Gasteiger partial charge on any atom is -0.343 e. The van der Waals surface area contributed by atoms with Crippen molar-refractivity contribution in [3.8, 4) is 0 Å². The molecule has 0 aliphatic rings. The summed E-state index contributed by atoms with van der Waals surface area (Å²) in [4.78, 5) is 28.4. The molecular formula is C16H13F4N3O2S. The van der Waals surface area contributed by atoms with E-state index in [1.807, 2.05) is 0 Å². The molecule has 0 saturated carbocycles. The first-order valence-electron chi connectivity index (χ1n) is 7.21. The second-order valence-electron chi connectivity index (χ2n) is 5.03. The van der Waals surface area contributed by atoms with Crippen LogP contribution in [0.5, 0.6) is 0 Å². The van der Waals surface area contributed by atoms with Crippen LogP contribution in [0.3, 0.4) is 0 Å². The van der Waals surface area contributed by atoms with E-state index in [0.29, 0.717) is 0 Å². The fourth-order valence-corrected chi connectivity index (χ4v) is 2.75. The Morgan fingerprint density at radius 1 is 1.31 bits per heavy atom. The molecule has 26 heavy (non-hydrogen) atoms. The van der Waals surface area contributed by atoms with E-state index in [2.05, 4.69) is 4.98 Å². The summed E-state index contributed by atoms with van der Waals surface area (Å²) in [7, 11) is 0. The van der Waals surface area contributed by atoms with Gasteiger partial charge in [0.25, 0.3) is 0 Å². The molecule has 10 heteroatoms. The predicted octanol–water partition coefficient (Wildman–Crippen LogP) is 3.66. The van der Waals surface area contributed by atoms with E-state index in [1.54, 1.807) is 11.4 Å². The van der Waals surface area contributed by atoms with Crippen LogP contribution in [0.15, 0.2) is 35.7 Å². The molecule has 0 atom stereocenters. The highest BCUT2D eigenvalue weighted by Crippen LogP contribution is 2.30. The number of rotatable bonds is 5. The Balaban J connectivity index is 2.15. The zero-order valence-corrected chi connectivity index (χ0v) is 14.2. The van der Waals surface area contributed by atoms with Crippen molar-refractivity contribution in [1.29, 1.82) is 0 Å². The highest BCUT2D eigenvalue weighted by atomic mass is 32.1. The number of amides is 2.